The number of hydrogen-bond donors (Lipinski definition) is 2. The highest BCUT2D eigenvalue weighted by Crippen LogP contribution is 2.37. The summed E-state index contributed by atoms with van der Waals surface area (Å²) in [4.78, 5) is 0. The lowest BCUT2D eigenvalue weighted by atomic mass is 10.0. The molecule has 1 saturated carbocycles. The third kappa shape index (κ3) is 1.63. The van der Waals surface area contributed by atoms with Gasteiger partial charge in [-0.2, -0.15) is 0 Å². The lowest BCUT2D eigenvalue weighted by Crippen LogP contribution is -2.45. The molecule has 1 heterocycles. The third-order valence-corrected chi connectivity index (χ3v) is 2.99. The van der Waals surface area contributed by atoms with Crippen LogP contribution in [-0.4, -0.2) is 18.2 Å². The van der Waals surface area contributed by atoms with E-state index in [1.165, 1.54) is 25.7 Å². The maximum atomic E-state index is 5.77. The predicted octanol–water partition coefficient (Wildman–Crippen LogP) is 0.796. The summed E-state index contributed by atoms with van der Waals surface area (Å²) in [5.74, 6) is 6.29. The summed E-state index contributed by atoms with van der Waals surface area (Å²) in [6.45, 7) is 2.14. The molecular weight excluding hydrogens is 152 g/mol. The van der Waals surface area contributed by atoms with Gasteiger partial charge in [0.15, 0.2) is 0 Å². The van der Waals surface area contributed by atoms with Crippen LogP contribution in [0.25, 0.3) is 0 Å². The van der Waals surface area contributed by atoms with Crippen LogP contribution in [0.5, 0.6) is 0 Å². The number of nitrogens with one attached hydrogen (secondary N) is 1. The third-order valence-electron chi connectivity index (χ3n) is 2.99. The largest absolute Gasteiger partial charge is 0.374 e. The van der Waals surface area contributed by atoms with Crippen LogP contribution in [-0.2, 0) is 4.74 Å². The van der Waals surface area contributed by atoms with Crippen molar-refractivity contribution in [3.05, 3.63) is 0 Å². The van der Waals surface area contributed by atoms with E-state index in [0.29, 0.717) is 18.2 Å². The van der Waals surface area contributed by atoms with E-state index in [2.05, 4.69) is 12.3 Å². The lowest BCUT2D eigenvalue weighted by molar-refractivity contribution is 0.0269. The molecule has 0 radical (unpaired) electrons. The highest BCUT2D eigenvalue weighted by Gasteiger charge is 2.39. The van der Waals surface area contributed by atoms with E-state index in [0.717, 1.165) is 5.92 Å². The van der Waals surface area contributed by atoms with Crippen LogP contribution >= 0.6 is 0 Å². The molecule has 1 saturated heterocycles. The molecule has 1 aliphatic carbocycles. The van der Waals surface area contributed by atoms with Crippen LogP contribution in [0.15, 0.2) is 0 Å². The van der Waals surface area contributed by atoms with Crippen LogP contribution in [0.1, 0.15) is 32.6 Å². The van der Waals surface area contributed by atoms with Gasteiger partial charge in [0.05, 0.1) is 18.2 Å². The Bertz CT molecular complexity index is 159. The molecule has 2 rings (SSSR count). The molecular formula is C9H18N2O. The van der Waals surface area contributed by atoms with Crippen molar-refractivity contribution in [1.29, 1.82) is 0 Å². The average Bonchev–Trinajstić information content (AvgIpc) is 2.78. The van der Waals surface area contributed by atoms with Crippen molar-refractivity contribution in [2.75, 3.05) is 0 Å². The monoisotopic (exact) mass is 170 g/mol. The zero-order valence-corrected chi connectivity index (χ0v) is 7.62. The van der Waals surface area contributed by atoms with Gasteiger partial charge in [0.1, 0.15) is 0 Å². The Morgan fingerprint density at radius 1 is 1.33 bits per heavy atom. The zero-order chi connectivity index (χ0) is 8.55. The Morgan fingerprint density at radius 3 is 2.50 bits per heavy atom. The molecule has 3 atom stereocenters. The van der Waals surface area contributed by atoms with E-state index in [1.807, 2.05) is 0 Å². The molecule has 2 aliphatic rings. The molecule has 3 heteroatoms. The van der Waals surface area contributed by atoms with E-state index in [9.17, 15) is 0 Å². The molecule has 3 nitrogen and oxygen atoms in total. The lowest BCUT2D eigenvalue weighted by Gasteiger charge is -2.22. The smallest absolute Gasteiger partial charge is 0.0748 e. The quantitative estimate of drug-likeness (QED) is 0.486. The molecule has 0 aromatic heterocycles. The van der Waals surface area contributed by atoms with Crippen molar-refractivity contribution in [3.63, 3.8) is 0 Å². The van der Waals surface area contributed by atoms with Gasteiger partial charge in [-0.15, -0.1) is 0 Å². The first-order valence-corrected chi connectivity index (χ1v) is 4.93. The first kappa shape index (κ1) is 8.48. The fourth-order valence-corrected chi connectivity index (χ4v) is 2.10. The molecule has 0 spiro atoms. The van der Waals surface area contributed by atoms with E-state index >= 15 is 0 Å². The molecule has 2 fully saturated rings. The Balaban J connectivity index is 1.88. The zero-order valence-electron chi connectivity index (χ0n) is 7.62. The van der Waals surface area contributed by atoms with Crippen molar-refractivity contribution in [2.45, 2.75) is 50.9 Å². The van der Waals surface area contributed by atoms with E-state index in [-0.39, 0.29) is 0 Å². The highest BCUT2D eigenvalue weighted by molar-refractivity contribution is 4.92. The fraction of sp³-hybridized carbons (Fsp3) is 1.00. The van der Waals surface area contributed by atoms with Gasteiger partial charge in [0.2, 0.25) is 0 Å². The molecule has 3 unspecified atom stereocenters. The average molecular weight is 170 g/mol. The van der Waals surface area contributed by atoms with Gasteiger partial charge in [-0.25, -0.2) is 0 Å². The molecule has 0 aromatic rings. The molecule has 70 valence electrons. The van der Waals surface area contributed by atoms with Crippen molar-refractivity contribution in [1.82, 2.24) is 5.43 Å². The van der Waals surface area contributed by atoms with Crippen molar-refractivity contribution < 1.29 is 4.74 Å². The number of hydrogen-bond acceptors (Lipinski definition) is 3. The van der Waals surface area contributed by atoms with Crippen LogP contribution in [0.3, 0.4) is 0 Å². The number of hydrazine groups is 1. The van der Waals surface area contributed by atoms with Gasteiger partial charge < -0.3 is 4.74 Å². The van der Waals surface area contributed by atoms with Crippen molar-refractivity contribution in [2.24, 2.45) is 11.8 Å². The summed E-state index contributed by atoms with van der Waals surface area (Å²) >= 11 is 0. The predicted molar refractivity (Wildman–Crippen MR) is 47.4 cm³/mol. The first-order valence-electron chi connectivity index (χ1n) is 4.93. The summed E-state index contributed by atoms with van der Waals surface area (Å²) in [7, 11) is 0. The van der Waals surface area contributed by atoms with Gasteiger partial charge >= 0.3 is 0 Å². The summed E-state index contributed by atoms with van der Waals surface area (Å²) < 4.78 is 5.77. The van der Waals surface area contributed by atoms with Crippen LogP contribution < -0.4 is 11.3 Å². The van der Waals surface area contributed by atoms with Crippen LogP contribution in [0.2, 0.25) is 0 Å². The molecule has 12 heavy (non-hydrogen) atoms. The molecule has 3 N–H and O–H groups in total. The summed E-state index contributed by atoms with van der Waals surface area (Å²) in [5.41, 5.74) is 2.90. The maximum absolute atomic E-state index is 5.77. The van der Waals surface area contributed by atoms with Crippen molar-refractivity contribution in [3.8, 4) is 0 Å². The Hall–Kier alpha value is -0.120. The van der Waals surface area contributed by atoms with E-state index in [1.54, 1.807) is 0 Å². The van der Waals surface area contributed by atoms with Gasteiger partial charge in [-0.1, -0.05) is 0 Å². The number of ether oxygens (including phenoxy) is 1. The summed E-state index contributed by atoms with van der Waals surface area (Å²) in [6, 6.07) is 0.412. The molecule has 1 aliphatic heterocycles. The van der Waals surface area contributed by atoms with E-state index < -0.39 is 0 Å². The second-order valence-electron chi connectivity index (χ2n) is 4.09. The minimum atomic E-state index is 0.373. The highest BCUT2D eigenvalue weighted by atomic mass is 16.5. The van der Waals surface area contributed by atoms with Gasteiger partial charge in [-0.05, 0) is 38.5 Å². The second-order valence-corrected chi connectivity index (χ2v) is 4.09. The molecule has 0 aromatic carbocycles. The topological polar surface area (TPSA) is 47.3 Å². The minimum absolute atomic E-state index is 0.373. The standard InChI is InChI=1S/C9H18N2O/c1-6-2-5-8(12-6)9(11-10)7-3-4-7/h6-9,11H,2-5,10H2,1H3. The number of nitrogens with two attached hydrogens (primary N) is 1. The Kier molecular flexibility index (Phi) is 2.35. The minimum Gasteiger partial charge on any atom is -0.374 e. The normalized spacial score (nSPS) is 38.5. The SMILES string of the molecule is CC1CCC(C(NN)C2CC2)O1. The Labute approximate surface area is 73.6 Å². The van der Waals surface area contributed by atoms with Crippen molar-refractivity contribution >= 4 is 0 Å². The van der Waals surface area contributed by atoms with E-state index in [4.69, 9.17) is 10.6 Å². The van der Waals surface area contributed by atoms with Gasteiger partial charge in [-0.3, -0.25) is 11.3 Å². The maximum Gasteiger partial charge on any atom is 0.0748 e. The fourth-order valence-electron chi connectivity index (χ4n) is 2.10. The second kappa shape index (κ2) is 3.32. The Morgan fingerprint density at radius 2 is 2.08 bits per heavy atom. The molecule has 0 bridgehead atoms. The molecule has 0 amide bonds. The van der Waals surface area contributed by atoms with Crippen LogP contribution in [0.4, 0.5) is 0 Å². The van der Waals surface area contributed by atoms with Crippen LogP contribution in [0, 0.1) is 5.92 Å². The number of rotatable bonds is 3. The first-order chi connectivity index (χ1) is 5.81. The van der Waals surface area contributed by atoms with Gasteiger partial charge in [0.25, 0.3) is 0 Å². The van der Waals surface area contributed by atoms with Gasteiger partial charge in [0, 0.05) is 0 Å². The summed E-state index contributed by atoms with van der Waals surface area (Å²) in [5, 5.41) is 0. The summed E-state index contributed by atoms with van der Waals surface area (Å²) in [6.07, 6.45) is 5.82.